The average Bonchev–Trinajstić information content (AvgIpc) is 2.21. The van der Waals surface area contributed by atoms with Crippen molar-refractivity contribution in [1.82, 2.24) is 0 Å². The lowest BCUT2D eigenvalue weighted by molar-refractivity contribution is 0.815. The smallest absolute Gasteiger partial charge is 0.0527 e. The van der Waals surface area contributed by atoms with Crippen molar-refractivity contribution in [3.63, 3.8) is 0 Å². The van der Waals surface area contributed by atoms with Gasteiger partial charge in [-0.1, -0.05) is 18.8 Å². The maximum absolute atomic E-state index is 2.26. The highest BCUT2D eigenvalue weighted by molar-refractivity contribution is 4.77. The average molecular weight is 83.2 g/mol. The van der Waals surface area contributed by atoms with Crippen molar-refractivity contribution in [1.29, 1.82) is 0 Å². The lowest BCUT2D eigenvalue weighted by Gasteiger charge is -1.96. The van der Waals surface area contributed by atoms with Crippen molar-refractivity contribution in [2.45, 2.75) is 26.2 Å². The minimum Gasteiger partial charge on any atom is -0.331 e. The van der Waals surface area contributed by atoms with Crippen LogP contribution in [-0.4, -0.2) is 0 Å². The van der Waals surface area contributed by atoms with Gasteiger partial charge in [0.15, 0.2) is 0 Å². The van der Waals surface area contributed by atoms with Crippen LogP contribution in [0.3, 0.4) is 0 Å². The molecule has 0 aromatic heterocycles. The normalized spacial score (nSPS) is 21.5. The van der Waals surface area contributed by atoms with Gasteiger partial charge in [0.05, 0.1) is 0 Å². The Balaban J connectivity index is 1.88. The molecule has 0 bridgehead atoms. The van der Waals surface area contributed by atoms with Gasteiger partial charge in [0.1, 0.15) is 0 Å². The molecule has 1 aliphatic carbocycles. The second-order valence-corrected chi connectivity index (χ2v) is 2.09. The zero-order chi connectivity index (χ0) is 4.41. The SMILES string of the molecule is C[CH-]CC1CC1. The summed E-state index contributed by atoms with van der Waals surface area (Å²) in [4.78, 5) is 0. The molecule has 0 amide bonds. The van der Waals surface area contributed by atoms with Crippen LogP contribution in [0.5, 0.6) is 0 Å². The molecule has 0 heterocycles. The highest BCUT2D eigenvalue weighted by atomic mass is 14.2. The van der Waals surface area contributed by atoms with E-state index in [9.17, 15) is 0 Å². The zero-order valence-corrected chi connectivity index (χ0v) is 4.28. The van der Waals surface area contributed by atoms with E-state index in [0.717, 1.165) is 5.92 Å². The molecule has 0 aliphatic heterocycles. The third kappa shape index (κ3) is 1.00. The Bertz CT molecular complexity index is 35.3. The van der Waals surface area contributed by atoms with E-state index in [1.807, 2.05) is 0 Å². The Labute approximate surface area is 39.6 Å². The lowest BCUT2D eigenvalue weighted by Crippen LogP contribution is -1.69. The summed E-state index contributed by atoms with van der Waals surface area (Å²) in [5.74, 6) is 1.09. The maximum atomic E-state index is 2.26. The standard InChI is InChI=1S/C6H11/c1-2-3-6-4-5-6/h2,6H,3-5H2,1H3/q-1. The summed E-state index contributed by atoms with van der Waals surface area (Å²) in [6, 6.07) is 0. The van der Waals surface area contributed by atoms with Crippen LogP contribution in [0.1, 0.15) is 26.2 Å². The second kappa shape index (κ2) is 1.63. The van der Waals surface area contributed by atoms with E-state index in [4.69, 9.17) is 0 Å². The molecule has 0 radical (unpaired) electrons. The Morgan fingerprint density at radius 2 is 2.33 bits per heavy atom. The molecule has 36 valence electrons. The van der Waals surface area contributed by atoms with Gasteiger partial charge in [-0.15, -0.1) is 0 Å². The van der Waals surface area contributed by atoms with E-state index >= 15 is 0 Å². The van der Waals surface area contributed by atoms with Crippen molar-refractivity contribution >= 4 is 0 Å². The van der Waals surface area contributed by atoms with Crippen LogP contribution >= 0.6 is 0 Å². The molecule has 1 fully saturated rings. The molecule has 0 nitrogen and oxygen atoms in total. The molecular formula is C6H11-. The van der Waals surface area contributed by atoms with Crippen molar-refractivity contribution < 1.29 is 0 Å². The first-order valence-electron chi connectivity index (χ1n) is 2.71. The van der Waals surface area contributed by atoms with Gasteiger partial charge in [0.2, 0.25) is 0 Å². The molecule has 0 spiro atoms. The van der Waals surface area contributed by atoms with Crippen LogP contribution in [0.15, 0.2) is 0 Å². The minimum absolute atomic E-state index is 1.09. The molecule has 0 unspecified atom stereocenters. The van der Waals surface area contributed by atoms with Gasteiger partial charge in [-0.2, -0.15) is 13.3 Å². The zero-order valence-electron chi connectivity index (χ0n) is 4.28. The first kappa shape index (κ1) is 4.17. The molecule has 6 heavy (non-hydrogen) atoms. The molecular weight excluding hydrogens is 72.1 g/mol. The molecule has 0 atom stereocenters. The quantitative estimate of drug-likeness (QED) is 0.448. The molecule has 0 aromatic carbocycles. The monoisotopic (exact) mass is 83.1 g/mol. The third-order valence-electron chi connectivity index (χ3n) is 1.27. The van der Waals surface area contributed by atoms with Gasteiger partial charge in [-0.05, 0) is 0 Å². The first-order valence-corrected chi connectivity index (χ1v) is 2.71. The van der Waals surface area contributed by atoms with Gasteiger partial charge in [-0.25, -0.2) is 0 Å². The van der Waals surface area contributed by atoms with E-state index in [1.54, 1.807) is 0 Å². The van der Waals surface area contributed by atoms with Crippen LogP contribution < -0.4 is 0 Å². The fourth-order valence-electron chi connectivity index (χ4n) is 0.687. The molecule has 1 saturated carbocycles. The van der Waals surface area contributed by atoms with Crippen molar-refractivity contribution in [3.05, 3.63) is 6.42 Å². The highest BCUT2D eigenvalue weighted by Crippen LogP contribution is 2.32. The summed E-state index contributed by atoms with van der Waals surface area (Å²) in [5, 5.41) is 0. The lowest BCUT2D eigenvalue weighted by atomic mass is 10.2. The van der Waals surface area contributed by atoms with Gasteiger partial charge in [-0.3, -0.25) is 0 Å². The van der Waals surface area contributed by atoms with Crippen LogP contribution in [0.2, 0.25) is 0 Å². The number of rotatable bonds is 2. The number of hydrogen-bond acceptors (Lipinski definition) is 0. The summed E-state index contributed by atoms with van der Waals surface area (Å²) < 4.78 is 0. The Hall–Kier alpha value is 0. The van der Waals surface area contributed by atoms with E-state index in [-0.39, 0.29) is 0 Å². The summed E-state index contributed by atoms with van der Waals surface area (Å²) in [5.41, 5.74) is 0. The van der Waals surface area contributed by atoms with Crippen molar-refractivity contribution in [3.8, 4) is 0 Å². The molecule has 0 N–H and O–H groups in total. The van der Waals surface area contributed by atoms with Gasteiger partial charge in [0.25, 0.3) is 0 Å². The van der Waals surface area contributed by atoms with Gasteiger partial charge >= 0.3 is 0 Å². The molecule has 0 saturated heterocycles. The van der Waals surface area contributed by atoms with Crippen molar-refractivity contribution in [2.24, 2.45) is 5.92 Å². The summed E-state index contributed by atoms with van der Waals surface area (Å²) in [6.07, 6.45) is 6.60. The predicted octanol–water partition coefficient (Wildman–Crippen LogP) is 2.01. The predicted molar refractivity (Wildman–Crippen MR) is 27.3 cm³/mol. The van der Waals surface area contributed by atoms with E-state index in [1.165, 1.54) is 19.3 Å². The van der Waals surface area contributed by atoms with Crippen LogP contribution in [0.4, 0.5) is 0 Å². The largest absolute Gasteiger partial charge is 0.331 e. The maximum Gasteiger partial charge on any atom is -0.0527 e. The minimum atomic E-state index is 1.09. The highest BCUT2D eigenvalue weighted by Gasteiger charge is 2.15. The first-order chi connectivity index (χ1) is 2.93. The van der Waals surface area contributed by atoms with Crippen LogP contribution in [-0.2, 0) is 0 Å². The topological polar surface area (TPSA) is 0 Å². The Morgan fingerprint density at radius 1 is 1.67 bits per heavy atom. The summed E-state index contributed by atoms with van der Waals surface area (Å²) in [6.45, 7) is 2.14. The Kier molecular flexibility index (Phi) is 1.13. The second-order valence-electron chi connectivity index (χ2n) is 2.09. The van der Waals surface area contributed by atoms with Crippen molar-refractivity contribution in [2.75, 3.05) is 0 Å². The fraction of sp³-hybridized carbons (Fsp3) is 0.833. The van der Waals surface area contributed by atoms with Crippen LogP contribution in [0.25, 0.3) is 0 Å². The summed E-state index contributed by atoms with van der Waals surface area (Å²) in [7, 11) is 0. The molecule has 1 rings (SSSR count). The number of hydrogen-bond donors (Lipinski definition) is 0. The van der Waals surface area contributed by atoms with Gasteiger partial charge < -0.3 is 6.42 Å². The van der Waals surface area contributed by atoms with Gasteiger partial charge in [0, 0.05) is 0 Å². The third-order valence-corrected chi connectivity index (χ3v) is 1.27. The summed E-state index contributed by atoms with van der Waals surface area (Å²) >= 11 is 0. The van der Waals surface area contributed by atoms with E-state index in [2.05, 4.69) is 13.3 Å². The Morgan fingerprint density at radius 3 is 2.50 bits per heavy atom. The molecule has 0 heteroatoms. The molecule has 1 aliphatic rings. The van der Waals surface area contributed by atoms with Crippen LogP contribution in [0, 0.1) is 12.3 Å². The molecule has 0 aromatic rings. The van der Waals surface area contributed by atoms with E-state index < -0.39 is 0 Å². The van der Waals surface area contributed by atoms with E-state index in [0.29, 0.717) is 0 Å². The fourth-order valence-corrected chi connectivity index (χ4v) is 0.687.